The molecule has 0 amide bonds. The minimum Gasteiger partial charge on any atom is -0.311 e. The first-order chi connectivity index (χ1) is 50.5. The van der Waals surface area contributed by atoms with Crippen molar-refractivity contribution in [2.75, 3.05) is 9.80 Å². The largest absolute Gasteiger partial charge is 0.311 e. The van der Waals surface area contributed by atoms with Gasteiger partial charge in [-0.3, -0.25) is 0 Å². The summed E-state index contributed by atoms with van der Waals surface area (Å²) in [6, 6.07) is 82.9. The molecule has 0 saturated heterocycles. The third kappa shape index (κ3) is 11.5. The maximum Gasteiger partial charge on any atom is 0.252 e. The van der Waals surface area contributed by atoms with Crippen LogP contribution in [0.4, 0.5) is 34.1 Å². The second-order valence-electron chi connectivity index (χ2n) is 35.2. The molecule has 0 spiro atoms. The number of benzene rings is 12. The van der Waals surface area contributed by atoms with E-state index < -0.39 is 10.8 Å². The SMILES string of the molecule is [2H]c1c([2H])c(C(C)(C)C)c([2H])c([2H])c1-c1cc(-c2ccccc2)cc(N2c3cc(-n4c5ccc(C(C)(C)C)cc5c5cc(C(C)(C)C)ccc54)ccc3B3c4ccc(-c5cc(C(C)(C)C)cc(C(C)(C)C)c5)cc4N(c4cc(-n5c6ccccc6c6ccccc65)ccc4C#N)c4cc(C(C)(C)C)cc2c43)c1. The van der Waals surface area contributed by atoms with Gasteiger partial charge in [-0.15, -0.1) is 0 Å². The first-order valence-corrected chi connectivity index (χ1v) is 36.6. The summed E-state index contributed by atoms with van der Waals surface area (Å²) >= 11 is 0. The van der Waals surface area contributed by atoms with E-state index in [2.05, 4.69) is 317 Å². The van der Waals surface area contributed by atoms with Crippen molar-refractivity contribution in [3.63, 3.8) is 0 Å². The van der Waals surface area contributed by atoms with Gasteiger partial charge in [0.15, 0.2) is 0 Å². The highest BCUT2D eigenvalue weighted by molar-refractivity contribution is 7.00. The molecule has 2 aromatic heterocycles. The molecule has 0 fully saturated rings. The first-order valence-electron chi connectivity index (χ1n) is 38.6. The van der Waals surface area contributed by atoms with Gasteiger partial charge in [-0.05, 0) is 219 Å². The molecule has 4 heterocycles. The third-order valence-electron chi connectivity index (χ3n) is 21.8. The van der Waals surface area contributed by atoms with E-state index in [1.807, 2.05) is 51.1 Å². The summed E-state index contributed by atoms with van der Waals surface area (Å²) in [7, 11) is 0. The van der Waals surface area contributed by atoms with Crippen molar-refractivity contribution in [3.05, 3.63) is 282 Å². The van der Waals surface area contributed by atoms with Gasteiger partial charge in [0, 0.05) is 61.4 Å². The molecule has 6 heteroatoms. The van der Waals surface area contributed by atoms with Crippen molar-refractivity contribution in [1.29, 1.82) is 5.26 Å². The Bertz CT molecular complexity index is 5910. The number of hydrogen-bond donors (Lipinski definition) is 0. The number of anilines is 6. The molecule has 0 bridgehead atoms. The highest BCUT2D eigenvalue weighted by Crippen LogP contribution is 2.51. The van der Waals surface area contributed by atoms with Crippen molar-refractivity contribution >= 4 is 101 Å². The molecule has 0 saturated carbocycles. The molecule has 12 aromatic carbocycles. The Kier molecular flexibility index (Phi) is 14.3. The van der Waals surface area contributed by atoms with Crippen LogP contribution in [0.15, 0.2) is 243 Å². The Balaban J connectivity index is 1.06. The highest BCUT2D eigenvalue weighted by Gasteiger charge is 2.45. The monoisotopic (exact) mass is 1340 g/mol. The Morgan fingerprint density at radius 1 is 0.291 bits per heavy atom. The lowest BCUT2D eigenvalue weighted by Crippen LogP contribution is -2.61. The van der Waals surface area contributed by atoms with Crippen LogP contribution in [0.5, 0.6) is 0 Å². The fourth-order valence-electron chi connectivity index (χ4n) is 15.8. The van der Waals surface area contributed by atoms with Gasteiger partial charge in [-0.2, -0.15) is 5.26 Å². The lowest BCUT2D eigenvalue weighted by Gasteiger charge is -2.45. The van der Waals surface area contributed by atoms with Gasteiger partial charge in [0.25, 0.3) is 6.71 Å². The van der Waals surface area contributed by atoms with Crippen molar-refractivity contribution in [1.82, 2.24) is 9.13 Å². The molecule has 14 aromatic rings. The van der Waals surface area contributed by atoms with E-state index in [0.717, 1.165) is 123 Å². The summed E-state index contributed by atoms with van der Waals surface area (Å²) in [6.45, 7) is 39.9. The van der Waals surface area contributed by atoms with Crippen LogP contribution >= 0.6 is 0 Å². The summed E-state index contributed by atoms with van der Waals surface area (Å²) in [4.78, 5) is 4.85. The molecular formula is C97H94BN5. The molecule has 2 aliphatic rings. The topological polar surface area (TPSA) is 40.1 Å². The quantitative estimate of drug-likeness (QED) is 0.149. The highest BCUT2D eigenvalue weighted by atomic mass is 15.2. The summed E-state index contributed by atoms with van der Waals surface area (Å²) in [6.07, 6.45) is 0. The zero-order chi connectivity index (χ0) is 75.8. The fourth-order valence-corrected chi connectivity index (χ4v) is 15.8. The molecule has 5 nitrogen and oxygen atoms in total. The Morgan fingerprint density at radius 3 is 1.25 bits per heavy atom. The van der Waals surface area contributed by atoms with Crippen molar-refractivity contribution in [3.8, 4) is 50.8 Å². The van der Waals surface area contributed by atoms with Gasteiger partial charge >= 0.3 is 0 Å². The van der Waals surface area contributed by atoms with E-state index in [0.29, 0.717) is 16.7 Å². The van der Waals surface area contributed by atoms with Crippen molar-refractivity contribution < 1.29 is 5.48 Å². The fraction of sp³-hybridized carbons (Fsp3) is 0.247. The Morgan fingerprint density at radius 2 is 0.728 bits per heavy atom. The molecule has 0 radical (unpaired) electrons. The van der Waals surface area contributed by atoms with Gasteiger partial charge in [-0.1, -0.05) is 264 Å². The predicted molar refractivity (Wildman–Crippen MR) is 442 cm³/mol. The van der Waals surface area contributed by atoms with Gasteiger partial charge in [0.2, 0.25) is 0 Å². The van der Waals surface area contributed by atoms with E-state index >= 15 is 0 Å². The number of nitrogens with zero attached hydrogens (tertiary/aromatic N) is 5. The zero-order valence-electron chi connectivity index (χ0n) is 67.1. The third-order valence-corrected chi connectivity index (χ3v) is 21.8. The average molecular weight is 1340 g/mol. The van der Waals surface area contributed by atoms with E-state index in [9.17, 15) is 10.7 Å². The first kappa shape index (κ1) is 62.2. The molecule has 0 unspecified atom stereocenters. The minimum absolute atomic E-state index is 0.0456. The van der Waals surface area contributed by atoms with E-state index in [1.165, 1.54) is 33.0 Å². The van der Waals surface area contributed by atoms with Gasteiger partial charge in [0.1, 0.15) is 6.07 Å². The Hall–Kier alpha value is -10.6. The van der Waals surface area contributed by atoms with E-state index in [4.69, 9.17) is 0 Å². The van der Waals surface area contributed by atoms with Crippen LogP contribution < -0.4 is 26.2 Å². The molecule has 0 aliphatic carbocycles. The summed E-state index contributed by atoms with van der Waals surface area (Å²) in [5.74, 6) is 0. The molecular weight excluding hydrogens is 1250 g/mol. The Labute approximate surface area is 616 Å². The summed E-state index contributed by atoms with van der Waals surface area (Å²) in [5.41, 5.74) is 25.0. The number of nitriles is 1. The number of aromatic nitrogens is 2. The summed E-state index contributed by atoms with van der Waals surface area (Å²) in [5, 5.41) is 16.6. The van der Waals surface area contributed by atoms with Gasteiger partial charge < -0.3 is 18.9 Å². The smallest absolute Gasteiger partial charge is 0.252 e. The second-order valence-corrected chi connectivity index (χ2v) is 35.2. The van der Waals surface area contributed by atoms with Crippen LogP contribution in [0, 0.1) is 11.3 Å². The van der Waals surface area contributed by atoms with Crippen LogP contribution in [0.2, 0.25) is 0 Å². The van der Waals surface area contributed by atoms with Crippen LogP contribution in [0.1, 0.15) is 169 Å². The maximum atomic E-state index is 11.9. The van der Waals surface area contributed by atoms with Gasteiger partial charge in [-0.25, -0.2) is 0 Å². The molecule has 2 aliphatic heterocycles. The molecule has 16 rings (SSSR count). The van der Waals surface area contributed by atoms with E-state index in [-0.39, 0.29) is 58.1 Å². The standard InChI is InChI=1S/C97H94BN5/c1-92(2,3)67-36-32-61(33-37-67)65-46-64(60-26-20-19-21-27-60)49-75(50-65)102-88-58-74(101-84-44-38-68(93(4,5)6)53-78(84)79-54-69(94(7,8)9)39-45-85(79)101)41-43-81(88)98-80-42-35-62(66-47-70(95(10,11)12)52-71(48-66)96(13,14)15)51-87(80)103(90-56-72(97(16,17)18)55-89(102)91(90)98)86-57-73(40-34-63(86)59-99)100-82-30-24-22-28-76(82)77-29-23-25-31-83(77)100/h19-58H,1-18H3/i32D,33D,36D,37D. The van der Waals surface area contributed by atoms with Crippen LogP contribution in [-0.2, 0) is 32.5 Å². The van der Waals surface area contributed by atoms with Crippen LogP contribution in [0.3, 0.4) is 0 Å². The zero-order valence-corrected chi connectivity index (χ0v) is 63.1. The number of rotatable bonds is 7. The van der Waals surface area contributed by atoms with E-state index in [1.54, 1.807) is 0 Å². The van der Waals surface area contributed by atoms with Gasteiger partial charge in [0.05, 0.1) is 38.8 Å². The minimum atomic E-state index is -0.667. The molecule has 103 heavy (non-hydrogen) atoms. The molecule has 0 atom stereocenters. The lowest BCUT2D eigenvalue weighted by atomic mass is 9.33. The van der Waals surface area contributed by atoms with Crippen LogP contribution in [-0.4, -0.2) is 15.8 Å². The van der Waals surface area contributed by atoms with Crippen LogP contribution in [0.25, 0.3) is 88.4 Å². The molecule has 510 valence electrons. The maximum absolute atomic E-state index is 11.9. The normalized spacial score (nSPS) is 14.0. The lowest BCUT2D eigenvalue weighted by molar-refractivity contribution is 0.569. The van der Waals surface area contributed by atoms with Crippen molar-refractivity contribution in [2.45, 2.75) is 157 Å². The number of para-hydroxylation sites is 2. The average Bonchev–Trinajstić information content (AvgIpc) is 1.32. The summed E-state index contributed by atoms with van der Waals surface area (Å²) < 4.78 is 44.2. The number of hydrogen-bond acceptors (Lipinski definition) is 3. The number of fused-ring (bicyclic) bond motifs is 10. The second kappa shape index (κ2) is 23.7. The predicted octanol–water partition coefficient (Wildman–Crippen LogP) is 24.6. The molecule has 0 N–H and O–H groups in total. The van der Waals surface area contributed by atoms with Crippen molar-refractivity contribution in [2.24, 2.45) is 0 Å².